The minimum Gasteiger partial charge on any atom is -0.303 e. The molecule has 2 heteroatoms. The van der Waals surface area contributed by atoms with Crippen molar-refractivity contribution < 1.29 is 0 Å². The Bertz CT molecular complexity index is 201. The van der Waals surface area contributed by atoms with Crippen LogP contribution in [0.2, 0.25) is 0 Å². The zero-order chi connectivity index (χ0) is 10.7. The number of rotatable bonds is 4. The fourth-order valence-electron chi connectivity index (χ4n) is 2.78. The van der Waals surface area contributed by atoms with Crippen molar-refractivity contribution in [1.82, 2.24) is 4.90 Å². The second kappa shape index (κ2) is 5.18. The highest BCUT2D eigenvalue weighted by atomic mass is 79.9. The molecule has 0 N–H and O–H groups in total. The first-order valence-electron chi connectivity index (χ1n) is 6.56. The molecular formula is C13H24BrN. The quantitative estimate of drug-likeness (QED) is 0.707. The van der Waals surface area contributed by atoms with Gasteiger partial charge in [0.15, 0.2) is 0 Å². The van der Waals surface area contributed by atoms with Gasteiger partial charge in [-0.25, -0.2) is 0 Å². The Balaban J connectivity index is 1.78. The van der Waals surface area contributed by atoms with E-state index in [0.717, 1.165) is 5.92 Å². The lowest BCUT2D eigenvalue weighted by molar-refractivity contribution is 0.236. The molecule has 88 valence electrons. The Hall–Kier alpha value is 0.440. The number of hydrogen-bond donors (Lipinski definition) is 0. The highest BCUT2D eigenvalue weighted by molar-refractivity contribution is 9.09. The number of likely N-dealkylation sites (tertiary alicyclic amines) is 1. The molecule has 1 saturated carbocycles. The van der Waals surface area contributed by atoms with Crippen molar-refractivity contribution in [2.75, 3.05) is 25.0 Å². The van der Waals surface area contributed by atoms with Gasteiger partial charge in [-0.1, -0.05) is 29.3 Å². The first kappa shape index (κ1) is 11.9. The van der Waals surface area contributed by atoms with E-state index in [4.69, 9.17) is 0 Å². The Labute approximate surface area is 103 Å². The second-order valence-corrected chi connectivity index (χ2v) is 6.18. The minimum absolute atomic E-state index is 0.673. The number of alkyl halides is 1. The summed E-state index contributed by atoms with van der Waals surface area (Å²) in [7, 11) is 0. The van der Waals surface area contributed by atoms with Gasteiger partial charge in [-0.15, -0.1) is 0 Å². The SMILES string of the molecule is CCC1CCCN(CC2(CBr)CC2)CC1. The molecule has 0 aromatic carbocycles. The van der Waals surface area contributed by atoms with Gasteiger partial charge in [0, 0.05) is 11.9 Å². The molecule has 1 nitrogen and oxygen atoms in total. The molecule has 1 unspecified atom stereocenters. The van der Waals surface area contributed by atoms with Gasteiger partial charge in [0.2, 0.25) is 0 Å². The van der Waals surface area contributed by atoms with Gasteiger partial charge in [-0.05, 0) is 56.5 Å². The standard InChI is InChI=1S/C13H24BrN/c1-2-12-4-3-8-15(9-5-12)11-13(10-14)6-7-13/h12H,2-11H2,1H3. The van der Waals surface area contributed by atoms with Gasteiger partial charge in [-0.2, -0.15) is 0 Å². The predicted octanol–water partition coefficient (Wildman–Crippen LogP) is 3.67. The molecule has 0 radical (unpaired) electrons. The van der Waals surface area contributed by atoms with Crippen LogP contribution in [-0.2, 0) is 0 Å². The molecule has 1 aliphatic heterocycles. The van der Waals surface area contributed by atoms with Crippen molar-refractivity contribution in [1.29, 1.82) is 0 Å². The highest BCUT2D eigenvalue weighted by Gasteiger charge is 2.42. The van der Waals surface area contributed by atoms with Crippen LogP contribution in [0.5, 0.6) is 0 Å². The van der Waals surface area contributed by atoms with Crippen molar-refractivity contribution in [3.63, 3.8) is 0 Å². The molecule has 1 heterocycles. The monoisotopic (exact) mass is 273 g/mol. The molecule has 0 spiro atoms. The third kappa shape index (κ3) is 3.20. The largest absolute Gasteiger partial charge is 0.303 e. The van der Waals surface area contributed by atoms with Crippen molar-refractivity contribution in [2.24, 2.45) is 11.3 Å². The molecule has 2 rings (SSSR count). The van der Waals surface area contributed by atoms with Crippen LogP contribution < -0.4 is 0 Å². The molecule has 2 fully saturated rings. The maximum Gasteiger partial charge on any atom is 0.0100 e. The molecule has 1 saturated heterocycles. The maximum atomic E-state index is 3.68. The second-order valence-electron chi connectivity index (χ2n) is 5.61. The van der Waals surface area contributed by atoms with Gasteiger partial charge in [0.25, 0.3) is 0 Å². The smallest absolute Gasteiger partial charge is 0.0100 e. The van der Waals surface area contributed by atoms with E-state index in [0.29, 0.717) is 5.41 Å². The van der Waals surface area contributed by atoms with Crippen LogP contribution in [0.4, 0.5) is 0 Å². The van der Waals surface area contributed by atoms with Gasteiger partial charge in [0.1, 0.15) is 0 Å². The summed E-state index contributed by atoms with van der Waals surface area (Å²) in [6, 6.07) is 0. The number of nitrogens with zero attached hydrogens (tertiary/aromatic N) is 1. The van der Waals surface area contributed by atoms with E-state index in [9.17, 15) is 0 Å². The average molecular weight is 274 g/mol. The van der Waals surface area contributed by atoms with Crippen LogP contribution in [0, 0.1) is 11.3 Å². The summed E-state index contributed by atoms with van der Waals surface area (Å²) in [4.78, 5) is 2.73. The lowest BCUT2D eigenvalue weighted by atomic mass is 9.98. The Morgan fingerprint density at radius 1 is 1.27 bits per heavy atom. The van der Waals surface area contributed by atoms with E-state index >= 15 is 0 Å². The molecule has 0 aromatic rings. The summed E-state index contributed by atoms with van der Waals surface area (Å²) in [6.07, 6.45) is 8.62. The van der Waals surface area contributed by atoms with Crippen LogP contribution in [0.3, 0.4) is 0 Å². The summed E-state index contributed by atoms with van der Waals surface area (Å²) >= 11 is 3.68. The maximum absolute atomic E-state index is 3.68. The van der Waals surface area contributed by atoms with Crippen LogP contribution in [0.1, 0.15) is 45.4 Å². The van der Waals surface area contributed by atoms with Crippen LogP contribution >= 0.6 is 15.9 Å². The zero-order valence-corrected chi connectivity index (χ0v) is 11.6. The first-order valence-corrected chi connectivity index (χ1v) is 7.68. The molecule has 2 aliphatic rings. The Kier molecular flexibility index (Phi) is 4.11. The van der Waals surface area contributed by atoms with Gasteiger partial charge >= 0.3 is 0 Å². The van der Waals surface area contributed by atoms with Gasteiger partial charge in [-0.3, -0.25) is 0 Å². The Morgan fingerprint density at radius 3 is 2.67 bits per heavy atom. The summed E-state index contributed by atoms with van der Waals surface area (Å²) in [5, 5.41) is 1.22. The third-order valence-electron chi connectivity index (χ3n) is 4.32. The lowest BCUT2D eigenvalue weighted by Gasteiger charge is -2.25. The van der Waals surface area contributed by atoms with Crippen LogP contribution in [0.25, 0.3) is 0 Å². The number of hydrogen-bond acceptors (Lipinski definition) is 1. The topological polar surface area (TPSA) is 3.24 Å². The van der Waals surface area contributed by atoms with E-state index in [1.807, 2.05) is 0 Å². The molecule has 1 aliphatic carbocycles. The molecule has 0 aromatic heterocycles. The van der Waals surface area contributed by atoms with E-state index in [-0.39, 0.29) is 0 Å². The van der Waals surface area contributed by atoms with Gasteiger partial charge < -0.3 is 4.90 Å². The summed E-state index contributed by atoms with van der Waals surface area (Å²) < 4.78 is 0. The summed E-state index contributed by atoms with van der Waals surface area (Å²) in [5.74, 6) is 1.01. The van der Waals surface area contributed by atoms with Gasteiger partial charge in [0.05, 0.1) is 0 Å². The fourth-order valence-corrected chi connectivity index (χ4v) is 3.51. The normalized spacial score (nSPS) is 31.2. The summed E-state index contributed by atoms with van der Waals surface area (Å²) in [5.41, 5.74) is 0.673. The zero-order valence-electron chi connectivity index (χ0n) is 9.97. The van der Waals surface area contributed by atoms with E-state index < -0.39 is 0 Å². The molecule has 0 amide bonds. The highest BCUT2D eigenvalue weighted by Crippen LogP contribution is 2.47. The van der Waals surface area contributed by atoms with Crippen molar-refractivity contribution >= 4 is 15.9 Å². The fraction of sp³-hybridized carbons (Fsp3) is 1.00. The van der Waals surface area contributed by atoms with Crippen molar-refractivity contribution in [3.8, 4) is 0 Å². The number of halogens is 1. The lowest BCUT2D eigenvalue weighted by Crippen LogP contribution is -2.32. The van der Waals surface area contributed by atoms with E-state index in [1.165, 1.54) is 63.5 Å². The van der Waals surface area contributed by atoms with Crippen LogP contribution in [-0.4, -0.2) is 29.9 Å². The van der Waals surface area contributed by atoms with E-state index in [1.54, 1.807) is 0 Å². The third-order valence-corrected chi connectivity index (χ3v) is 5.51. The van der Waals surface area contributed by atoms with Crippen molar-refractivity contribution in [3.05, 3.63) is 0 Å². The summed E-state index contributed by atoms with van der Waals surface area (Å²) in [6.45, 7) is 6.41. The molecule has 1 atom stereocenters. The molecule has 15 heavy (non-hydrogen) atoms. The molecular weight excluding hydrogens is 250 g/mol. The first-order chi connectivity index (χ1) is 7.28. The minimum atomic E-state index is 0.673. The Morgan fingerprint density at radius 2 is 2.07 bits per heavy atom. The average Bonchev–Trinajstić information content (AvgIpc) is 3.04. The van der Waals surface area contributed by atoms with Crippen molar-refractivity contribution in [2.45, 2.75) is 45.4 Å². The predicted molar refractivity (Wildman–Crippen MR) is 69.5 cm³/mol. The molecule has 0 bridgehead atoms. The van der Waals surface area contributed by atoms with E-state index in [2.05, 4.69) is 27.8 Å². The van der Waals surface area contributed by atoms with Crippen LogP contribution in [0.15, 0.2) is 0 Å².